The van der Waals surface area contributed by atoms with Crippen LogP contribution in [0.1, 0.15) is 16.7 Å². The number of hydrogen-bond acceptors (Lipinski definition) is 7. The second-order valence-corrected chi connectivity index (χ2v) is 7.81. The first-order chi connectivity index (χ1) is 15.6. The van der Waals surface area contributed by atoms with Gasteiger partial charge in [0.05, 0.1) is 11.9 Å². The number of nitrogens with one attached hydrogen (secondary N) is 2. The Balaban J connectivity index is 1.47. The second-order valence-electron chi connectivity index (χ2n) is 7.81. The summed E-state index contributed by atoms with van der Waals surface area (Å²) in [5.41, 5.74) is 5.44. The molecule has 8 heteroatoms. The van der Waals surface area contributed by atoms with E-state index in [1.54, 1.807) is 6.21 Å². The van der Waals surface area contributed by atoms with Crippen molar-refractivity contribution in [2.45, 2.75) is 6.54 Å². The summed E-state index contributed by atoms with van der Waals surface area (Å²) in [7, 11) is 2.15. The molecule has 3 aromatic rings. The molecule has 0 saturated carbocycles. The van der Waals surface area contributed by atoms with Crippen molar-refractivity contribution in [1.82, 2.24) is 19.8 Å². The van der Waals surface area contributed by atoms with Crippen molar-refractivity contribution in [2.24, 2.45) is 5.10 Å². The number of H-pyrrole nitrogens is 1. The molecule has 4 rings (SSSR count). The van der Waals surface area contributed by atoms with E-state index >= 15 is 0 Å². The normalized spacial score (nSPS) is 15.0. The molecular weight excluding hydrogens is 402 g/mol. The maximum Gasteiger partial charge on any atom is 0.270 e. The van der Waals surface area contributed by atoms with Crippen LogP contribution in [0.3, 0.4) is 0 Å². The number of aromatic amines is 1. The van der Waals surface area contributed by atoms with E-state index in [1.165, 1.54) is 5.56 Å². The third-order valence-corrected chi connectivity index (χ3v) is 5.42. The van der Waals surface area contributed by atoms with E-state index in [-0.39, 0.29) is 11.5 Å². The molecule has 0 atom stereocenters. The number of nitrogens with zero attached hydrogens (tertiary/aromatic N) is 5. The Bertz CT molecular complexity index is 1190. The van der Waals surface area contributed by atoms with E-state index in [2.05, 4.69) is 49.5 Å². The highest BCUT2D eigenvalue weighted by molar-refractivity contribution is 5.80. The molecule has 32 heavy (non-hydrogen) atoms. The van der Waals surface area contributed by atoms with Crippen LogP contribution in [0.4, 0.5) is 5.95 Å². The molecule has 2 heterocycles. The molecule has 0 unspecified atom stereocenters. The van der Waals surface area contributed by atoms with Gasteiger partial charge in [0, 0.05) is 38.3 Å². The van der Waals surface area contributed by atoms with Gasteiger partial charge in [0.15, 0.2) is 0 Å². The van der Waals surface area contributed by atoms with E-state index in [0.717, 1.165) is 38.3 Å². The number of nitriles is 1. The minimum Gasteiger partial charge on any atom is -0.304 e. The Morgan fingerprint density at radius 2 is 1.94 bits per heavy atom. The molecule has 1 aliphatic heterocycles. The van der Waals surface area contributed by atoms with Crippen LogP contribution in [0.15, 0.2) is 64.5 Å². The SMILES string of the molecule is CN1CCN(Cc2cccc(C=NNc3nc(-c4ccccc4)c(C#N)c(=O)[nH]3)c2)CC1. The Morgan fingerprint density at radius 1 is 1.16 bits per heavy atom. The van der Waals surface area contributed by atoms with Crippen LogP contribution >= 0.6 is 0 Å². The van der Waals surface area contributed by atoms with Crippen molar-refractivity contribution in [1.29, 1.82) is 5.26 Å². The summed E-state index contributed by atoms with van der Waals surface area (Å²) in [6.45, 7) is 5.22. The molecule has 1 aromatic heterocycles. The monoisotopic (exact) mass is 427 g/mol. The smallest absolute Gasteiger partial charge is 0.270 e. The average Bonchev–Trinajstić information content (AvgIpc) is 2.81. The van der Waals surface area contributed by atoms with Gasteiger partial charge in [-0.05, 0) is 24.2 Å². The predicted molar refractivity (Wildman–Crippen MR) is 125 cm³/mol. The van der Waals surface area contributed by atoms with Gasteiger partial charge in [-0.25, -0.2) is 10.4 Å². The molecule has 1 saturated heterocycles. The molecular formula is C24H25N7O. The fourth-order valence-corrected chi connectivity index (χ4v) is 3.64. The molecule has 0 bridgehead atoms. The molecule has 2 aromatic carbocycles. The number of likely N-dealkylation sites (N-methyl/N-ethyl adjacent to an activating group) is 1. The van der Waals surface area contributed by atoms with Crippen molar-refractivity contribution >= 4 is 12.2 Å². The topological polar surface area (TPSA) is 100 Å². The maximum absolute atomic E-state index is 12.3. The van der Waals surface area contributed by atoms with Crippen molar-refractivity contribution in [3.63, 3.8) is 0 Å². The fourth-order valence-electron chi connectivity index (χ4n) is 3.64. The zero-order chi connectivity index (χ0) is 22.3. The molecule has 2 N–H and O–H groups in total. The van der Waals surface area contributed by atoms with Gasteiger partial charge in [-0.2, -0.15) is 10.4 Å². The molecule has 8 nitrogen and oxygen atoms in total. The van der Waals surface area contributed by atoms with Gasteiger partial charge < -0.3 is 4.90 Å². The molecule has 0 radical (unpaired) electrons. The van der Waals surface area contributed by atoms with E-state index in [4.69, 9.17) is 0 Å². The summed E-state index contributed by atoms with van der Waals surface area (Å²) in [6.07, 6.45) is 1.69. The summed E-state index contributed by atoms with van der Waals surface area (Å²) in [6, 6.07) is 19.3. The minimum absolute atomic E-state index is 0.0256. The van der Waals surface area contributed by atoms with Crippen LogP contribution in [0.5, 0.6) is 0 Å². The standard InChI is InChI=1S/C24H25N7O/c1-30-10-12-31(13-11-30)17-19-7-5-6-18(14-19)16-26-29-24-27-22(20-8-3-2-4-9-20)21(15-25)23(32)28-24/h2-9,14,16H,10-13,17H2,1H3,(H2,27,28,29,32). The zero-order valence-electron chi connectivity index (χ0n) is 18.0. The van der Waals surface area contributed by atoms with Crippen LogP contribution in [-0.4, -0.2) is 59.2 Å². The van der Waals surface area contributed by atoms with Crippen LogP contribution in [0.25, 0.3) is 11.3 Å². The number of anilines is 1. The second kappa shape index (κ2) is 10.0. The summed E-state index contributed by atoms with van der Waals surface area (Å²) in [5, 5.41) is 13.6. The van der Waals surface area contributed by atoms with Gasteiger partial charge in [-0.1, -0.05) is 48.5 Å². The average molecular weight is 428 g/mol. The van der Waals surface area contributed by atoms with Gasteiger partial charge in [-0.3, -0.25) is 14.7 Å². The van der Waals surface area contributed by atoms with Crippen molar-refractivity contribution in [3.05, 3.63) is 81.6 Å². The highest BCUT2D eigenvalue weighted by Crippen LogP contribution is 2.19. The minimum atomic E-state index is -0.506. The quantitative estimate of drug-likeness (QED) is 0.463. The number of hydrogen-bond donors (Lipinski definition) is 2. The predicted octanol–water partition coefficient (Wildman–Crippen LogP) is 2.50. The van der Waals surface area contributed by atoms with E-state index in [9.17, 15) is 10.1 Å². The van der Waals surface area contributed by atoms with Crippen molar-refractivity contribution < 1.29 is 0 Å². The Hall–Kier alpha value is -3.80. The van der Waals surface area contributed by atoms with Crippen LogP contribution in [0.2, 0.25) is 0 Å². The highest BCUT2D eigenvalue weighted by atomic mass is 16.1. The summed E-state index contributed by atoms with van der Waals surface area (Å²) < 4.78 is 0. The number of benzene rings is 2. The lowest BCUT2D eigenvalue weighted by molar-refractivity contribution is 0.148. The molecule has 0 amide bonds. The van der Waals surface area contributed by atoms with Gasteiger partial charge in [0.1, 0.15) is 11.6 Å². The van der Waals surface area contributed by atoms with E-state index in [0.29, 0.717) is 11.3 Å². The third kappa shape index (κ3) is 5.27. The number of aromatic nitrogens is 2. The first-order valence-corrected chi connectivity index (χ1v) is 10.5. The van der Waals surface area contributed by atoms with Crippen LogP contribution in [-0.2, 0) is 6.54 Å². The van der Waals surface area contributed by atoms with Gasteiger partial charge >= 0.3 is 0 Å². The lowest BCUT2D eigenvalue weighted by Crippen LogP contribution is -2.43. The largest absolute Gasteiger partial charge is 0.304 e. The van der Waals surface area contributed by atoms with E-state index in [1.807, 2.05) is 48.5 Å². The van der Waals surface area contributed by atoms with Crippen LogP contribution in [0, 0.1) is 11.3 Å². The summed E-state index contributed by atoms with van der Waals surface area (Å²) in [4.78, 5) is 24.1. The van der Waals surface area contributed by atoms with E-state index < -0.39 is 5.56 Å². The molecule has 0 spiro atoms. The Kier molecular flexibility index (Phi) is 6.70. The summed E-state index contributed by atoms with van der Waals surface area (Å²) in [5.74, 6) is 0.178. The van der Waals surface area contributed by atoms with Crippen LogP contribution < -0.4 is 11.0 Å². The molecule has 162 valence electrons. The first kappa shape index (κ1) is 21.4. The lowest BCUT2D eigenvalue weighted by Gasteiger charge is -2.32. The zero-order valence-corrected chi connectivity index (χ0v) is 18.0. The van der Waals surface area contributed by atoms with Gasteiger partial charge in [0.2, 0.25) is 5.95 Å². The summed E-state index contributed by atoms with van der Waals surface area (Å²) >= 11 is 0. The Labute approximate surface area is 186 Å². The Morgan fingerprint density at radius 3 is 2.69 bits per heavy atom. The molecule has 1 fully saturated rings. The fraction of sp³-hybridized carbons (Fsp3) is 0.250. The third-order valence-electron chi connectivity index (χ3n) is 5.42. The number of hydrazone groups is 1. The maximum atomic E-state index is 12.3. The first-order valence-electron chi connectivity index (χ1n) is 10.5. The lowest BCUT2D eigenvalue weighted by atomic mass is 10.1. The number of piperazine rings is 1. The van der Waals surface area contributed by atoms with Gasteiger partial charge in [0.25, 0.3) is 5.56 Å². The van der Waals surface area contributed by atoms with Crippen molar-refractivity contribution in [3.8, 4) is 17.3 Å². The molecule has 1 aliphatic rings. The van der Waals surface area contributed by atoms with Crippen molar-refractivity contribution in [2.75, 3.05) is 38.7 Å². The molecule has 0 aliphatic carbocycles. The highest BCUT2D eigenvalue weighted by Gasteiger charge is 2.14. The number of rotatable bonds is 6. The van der Waals surface area contributed by atoms with Gasteiger partial charge in [-0.15, -0.1) is 0 Å².